The van der Waals surface area contributed by atoms with Crippen molar-refractivity contribution in [1.29, 1.82) is 0 Å². The average Bonchev–Trinajstić information content (AvgIpc) is 3.03. The van der Waals surface area contributed by atoms with Gasteiger partial charge in [0.2, 0.25) is 0 Å². The van der Waals surface area contributed by atoms with Crippen molar-refractivity contribution in [3.05, 3.63) is 114 Å². The van der Waals surface area contributed by atoms with Gasteiger partial charge < -0.3 is 14.1 Å². The molecule has 2 atom stereocenters. The highest BCUT2D eigenvalue weighted by Gasteiger charge is 2.52. The lowest BCUT2D eigenvalue weighted by Gasteiger charge is -2.45. The lowest BCUT2D eigenvalue weighted by molar-refractivity contribution is -0.138. The number of aryl methyl sites for hydroxylation is 1. The van der Waals surface area contributed by atoms with E-state index in [1.807, 2.05) is 87.5 Å². The summed E-state index contributed by atoms with van der Waals surface area (Å²) in [4.78, 5) is 17.0. The molecule has 0 saturated heterocycles. The van der Waals surface area contributed by atoms with Crippen molar-refractivity contribution in [3.63, 3.8) is 0 Å². The summed E-state index contributed by atoms with van der Waals surface area (Å²) in [6.45, 7) is 12.2. The van der Waals surface area contributed by atoms with E-state index >= 15 is 0 Å². The number of aromatic nitrogens is 1. The summed E-state index contributed by atoms with van der Waals surface area (Å²) in [7, 11) is -5.66. The molecule has 0 aliphatic carbocycles. The zero-order valence-corrected chi connectivity index (χ0v) is 30.0. The third-order valence-electron chi connectivity index (χ3n) is 8.13. The maximum atomic E-state index is 14.5. The molecule has 0 fully saturated rings. The van der Waals surface area contributed by atoms with Gasteiger partial charge in [-0.05, 0) is 57.7 Å². The van der Waals surface area contributed by atoms with Crippen molar-refractivity contribution >= 4 is 32.0 Å². The fraction of sp³-hybridized carbons (Fsp3) is 0.316. The number of nitrogens with zero attached hydrogens (tertiary/aromatic N) is 1. The highest BCUT2D eigenvalue weighted by atomic mass is 31.2. The molecule has 0 radical (unpaired) electrons. The number of hydrogen-bond donors (Lipinski definition) is 1. The molecular formula is C38H43FNO5PSi. The van der Waals surface area contributed by atoms with Crippen LogP contribution in [0.4, 0.5) is 4.39 Å². The molecule has 9 heteroatoms. The zero-order chi connectivity index (χ0) is 34.4. The number of carboxylic acid groups (broad SMARTS) is 1. The Morgan fingerprint density at radius 2 is 1.53 bits per heavy atom. The quantitative estimate of drug-likeness (QED) is 0.0989. The second-order valence-corrected chi connectivity index (χ2v) is 19.6. The van der Waals surface area contributed by atoms with Crippen molar-refractivity contribution in [1.82, 2.24) is 4.98 Å². The maximum absolute atomic E-state index is 14.5. The lowest BCUT2D eigenvalue weighted by atomic mass is 9.94. The van der Waals surface area contributed by atoms with Gasteiger partial charge in [0.05, 0.1) is 29.9 Å². The van der Waals surface area contributed by atoms with E-state index in [-0.39, 0.29) is 24.3 Å². The average molecular weight is 672 g/mol. The fourth-order valence-corrected chi connectivity index (χ4v) is 12.1. The van der Waals surface area contributed by atoms with E-state index in [1.165, 1.54) is 19.2 Å². The van der Waals surface area contributed by atoms with Gasteiger partial charge in [0, 0.05) is 18.4 Å². The molecule has 0 aliphatic heterocycles. The van der Waals surface area contributed by atoms with Crippen LogP contribution in [0.25, 0.3) is 11.1 Å². The SMILES string of the molecule is COP(=O)(C#Cc1c(-c2ccc(F)cc2)cc(C)nc1C(C)C)C[C@H](CC(=O)O)O[Si](c1ccccc1)(c1ccccc1)C(C)(C)C. The van der Waals surface area contributed by atoms with Crippen molar-refractivity contribution in [2.75, 3.05) is 13.3 Å². The van der Waals surface area contributed by atoms with Crippen LogP contribution >= 0.6 is 7.37 Å². The fourth-order valence-electron chi connectivity index (χ4n) is 5.96. The number of benzene rings is 3. The molecule has 1 unspecified atom stereocenters. The Morgan fingerprint density at radius 1 is 0.979 bits per heavy atom. The molecule has 0 spiro atoms. The normalized spacial score (nSPS) is 13.8. The minimum absolute atomic E-state index is 0.0152. The van der Waals surface area contributed by atoms with Gasteiger partial charge in [-0.15, -0.1) is 0 Å². The number of hydrogen-bond acceptors (Lipinski definition) is 5. The molecule has 1 aromatic heterocycles. The van der Waals surface area contributed by atoms with E-state index in [9.17, 15) is 18.9 Å². The number of halogens is 1. The van der Waals surface area contributed by atoms with Crippen LogP contribution in [0.3, 0.4) is 0 Å². The topological polar surface area (TPSA) is 85.7 Å². The lowest BCUT2D eigenvalue weighted by Crippen LogP contribution is -2.68. The van der Waals surface area contributed by atoms with Gasteiger partial charge in [-0.3, -0.25) is 14.3 Å². The molecule has 0 bridgehead atoms. The number of aliphatic carboxylic acids is 1. The van der Waals surface area contributed by atoms with Crippen LogP contribution in [-0.2, 0) is 18.3 Å². The van der Waals surface area contributed by atoms with E-state index < -0.39 is 32.8 Å². The van der Waals surface area contributed by atoms with Crippen LogP contribution in [0.5, 0.6) is 0 Å². The first-order chi connectivity index (χ1) is 22.2. The van der Waals surface area contributed by atoms with E-state index in [4.69, 9.17) is 13.9 Å². The minimum Gasteiger partial charge on any atom is -0.481 e. The summed E-state index contributed by atoms with van der Waals surface area (Å²) < 4.78 is 41.0. The van der Waals surface area contributed by atoms with Crippen molar-refractivity contribution in [2.24, 2.45) is 0 Å². The smallest absolute Gasteiger partial charge is 0.305 e. The Kier molecular flexibility index (Phi) is 11.4. The van der Waals surface area contributed by atoms with Gasteiger partial charge in [-0.25, -0.2) is 4.39 Å². The zero-order valence-electron chi connectivity index (χ0n) is 28.1. The second kappa shape index (κ2) is 14.9. The number of carbonyl (C=O) groups is 1. The van der Waals surface area contributed by atoms with Crippen LogP contribution < -0.4 is 10.4 Å². The third kappa shape index (κ3) is 8.35. The predicted octanol–water partition coefficient (Wildman–Crippen LogP) is 7.97. The number of rotatable bonds is 11. The Morgan fingerprint density at radius 3 is 2.00 bits per heavy atom. The molecule has 4 aromatic rings. The summed E-state index contributed by atoms with van der Waals surface area (Å²) in [5.74, 6) is 1.68. The second-order valence-electron chi connectivity index (χ2n) is 13.0. The summed E-state index contributed by atoms with van der Waals surface area (Å²) >= 11 is 0. The highest BCUT2D eigenvalue weighted by molar-refractivity contribution is 7.64. The molecule has 246 valence electrons. The predicted molar refractivity (Wildman–Crippen MR) is 190 cm³/mol. The van der Waals surface area contributed by atoms with Crippen LogP contribution in [0.2, 0.25) is 5.04 Å². The van der Waals surface area contributed by atoms with Gasteiger partial charge in [-0.2, -0.15) is 0 Å². The third-order valence-corrected chi connectivity index (χ3v) is 15.2. The van der Waals surface area contributed by atoms with Crippen molar-refractivity contribution in [3.8, 4) is 22.7 Å². The van der Waals surface area contributed by atoms with Crippen LogP contribution in [0.1, 0.15) is 63.9 Å². The first-order valence-electron chi connectivity index (χ1n) is 15.7. The molecule has 1 N–H and O–H groups in total. The van der Waals surface area contributed by atoms with Crippen molar-refractivity contribution < 1.29 is 27.8 Å². The molecule has 1 heterocycles. The van der Waals surface area contributed by atoms with Crippen LogP contribution in [0, 0.1) is 24.3 Å². The van der Waals surface area contributed by atoms with Gasteiger partial charge in [0.1, 0.15) is 5.82 Å². The van der Waals surface area contributed by atoms with Crippen molar-refractivity contribution in [2.45, 2.75) is 65.0 Å². The largest absolute Gasteiger partial charge is 0.481 e. The molecule has 4 rings (SSSR count). The van der Waals surface area contributed by atoms with Gasteiger partial charge >= 0.3 is 5.97 Å². The van der Waals surface area contributed by atoms with Gasteiger partial charge in [0.25, 0.3) is 15.7 Å². The van der Waals surface area contributed by atoms with E-state index in [1.54, 1.807) is 12.1 Å². The molecule has 3 aromatic carbocycles. The Labute approximate surface area is 279 Å². The highest BCUT2D eigenvalue weighted by Crippen LogP contribution is 2.48. The molecular weight excluding hydrogens is 628 g/mol. The monoisotopic (exact) mass is 671 g/mol. The van der Waals surface area contributed by atoms with E-state index in [0.717, 1.165) is 27.2 Å². The molecule has 0 saturated carbocycles. The summed E-state index contributed by atoms with van der Waals surface area (Å²) in [6, 6.07) is 27.8. The number of carboxylic acids is 1. The minimum atomic E-state index is -3.80. The number of pyridine rings is 1. The van der Waals surface area contributed by atoms with E-state index in [0.29, 0.717) is 11.3 Å². The van der Waals surface area contributed by atoms with E-state index in [2.05, 4.69) is 32.4 Å². The summed E-state index contributed by atoms with van der Waals surface area (Å²) in [5, 5.41) is 11.6. The Hall–Kier alpha value is -3.86. The molecule has 0 amide bonds. The molecule has 6 nitrogen and oxygen atoms in total. The van der Waals surface area contributed by atoms with Crippen LogP contribution in [-0.4, -0.2) is 43.8 Å². The maximum Gasteiger partial charge on any atom is 0.305 e. The van der Waals surface area contributed by atoms with Gasteiger partial charge in [0.15, 0.2) is 0 Å². The molecule has 0 aliphatic rings. The first kappa shape index (κ1) is 36.0. The Bertz CT molecular complexity index is 1760. The first-order valence-corrected chi connectivity index (χ1v) is 19.4. The summed E-state index contributed by atoms with van der Waals surface area (Å²) in [5.41, 5.74) is 6.45. The summed E-state index contributed by atoms with van der Waals surface area (Å²) in [6.07, 6.45) is -1.59. The standard InChI is InChI=1S/C38H43FNO5PSi/c1-27(2)37-34(35(24-28(3)40-37)29-18-20-30(39)21-19-29)22-23-46(43,44-7)26-31(25-36(41)42)45-47(38(4,5)6,32-14-10-8-11-15-32)33-16-12-9-13-17-33/h8-21,24,27,31H,25-26H2,1-7H3,(H,41,42)/t31-,46?/m0/s1. The Balaban J connectivity index is 1.85. The molecule has 47 heavy (non-hydrogen) atoms. The van der Waals surface area contributed by atoms with Crippen LogP contribution in [0.15, 0.2) is 91.0 Å². The van der Waals surface area contributed by atoms with Gasteiger partial charge in [-0.1, -0.05) is 113 Å².